The van der Waals surface area contributed by atoms with E-state index in [0.29, 0.717) is 0 Å². The molecule has 0 fully saturated rings. The second kappa shape index (κ2) is 6.10. The maximum Gasteiger partial charge on any atom is -0.00700 e. The molecule has 110 valence electrons. The molecule has 0 unspecified atom stereocenters. The lowest BCUT2D eigenvalue weighted by Gasteiger charge is -2.20. The summed E-state index contributed by atoms with van der Waals surface area (Å²) in [4.78, 5) is 0. The first-order valence-electron chi connectivity index (χ1n) is 8.03. The van der Waals surface area contributed by atoms with Crippen LogP contribution in [0.3, 0.4) is 0 Å². The van der Waals surface area contributed by atoms with E-state index < -0.39 is 0 Å². The van der Waals surface area contributed by atoms with E-state index in [0.717, 1.165) is 6.42 Å². The zero-order valence-electron chi connectivity index (χ0n) is 12.9. The summed E-state index contributed by atoms with van der Waals surface area (Å²) in [6, 6.07) is 30.1. The van der Waals surface area contributed by atoms with Crippen molar-refractivity contribution in [3.05, 3.63) is 113 Å². The molecule has 4 rings (SSSR count). The van der Waals surface area contributed by atoms with Crippen LogP contribution in [0.5, 0.6) is 0 Å². The molecule has 0 aliphatic heterocycles. The van der Waals surface area contributed by atoms with Crippen LogP contribution in [0, 0.1) is 0 Å². The summed E-state index contributed by atoms with van der Waals surface area (Å²) in [6.07, 6.45) is 5.46. The van der Waals surface area contributed by atoms with E-state index in [4.69, 9.17) is 0 Å². The van der Waals surface area contributed by atoms with Crippen LogP contribution in [0.4, 0.5) is 0 Å². The van der Waals surface area contributed by atoms with Gasteiger partial charge in [0, 0.05) is 0 Å². The number of allylic oxidation sites excluding steroid dienone is 2. The fourth-order valence-electron chi connectivity index (χ4n) is 3.29. The van der Waals surface area contributed by atoms with Gasteiger partial charge in [-0.15, -0.1) is 0 Å². The lowest BCUT2D eigenvalue weighted by atomic mass is 9.84. The van der Waals surface area contributed by atoms with E-state index in [1.807, 2.05) is 0 Å². The Morgan fingerprint density at radius 1 is 0.609 bits per heavy atom. The molecule has 3 aromatic carbocycles. The Balaban J connectivity index is 2.01. The number of hydrogen-bond donors (Lipinski definition) is 0. The molecule has 0 aromatic heterocycles. The Kier molecular flexibility index (Phi) is 3.65. The molecule has 1 aliphatic rings. The Morgan fingerprint density at radius 2 is 1.17 bits per heavy atom. The minimum atomic E-state index is 0.968. The number of fused-ring (bicyclic) bond motifs is 1. The normalized spacial score (nSPS) is 12.8. The van der Waals surface area contributed by atoms with Crippen LogP contribution in [-0.2, 0) is 0 Å². The van der Waals surface area contributed by atoms with Crippen molar-refractivity contribution in [1.29, 1.82) is 0 Å². The molecule has 0 heteroatoms. The highest BCUT2D eigenvalue weighted by molar-refractivity contribution is 6.01. The van der Waals surface area contributed by atoms with Crippen LogP contribution in [0.15, 0.2) is 91.0 Å². The lowest BCUT2D eigenvalue weighted by molar-refractivity contribution is 1.35. The Bertz CT molecular complexity index is 827. The van der Waals surface area contributed by atoms with Crippen molar-refractivity contribution in [2.24, 2.45) is 0 Å². The van der Waals surface area contributed by atoms with Crippen LogP contribution in [0.25, 0.3) is 17.2 Å². The summed E-state index contributed by atoms with van der Waals surface area (Å²) >= 11 is 0. The molecule has 0 saturated heterocycles. The van der Waals surface area contributed by atoms with Gasteiger partial charge in [-0.1, -0.05) is 97.1 Å². The van der Waals surface area contributed by atoms with Crippen molar-refractivity contribution in [1.82, 2.24) is 0 Å². The van der Waals surface area contributed by atoms with Gasteiger partial charge < -0.3 is 0 Å². The maximum absolute atomic E-state index is 2.27. The first-order chi connectivity index (χ1) is 11.4. The average molecular weight is 294 g/mol. The van der Waals surface area contributed by atoms with Crippen LogP contribution in [0.2, 0.25) is 0 Å². The second-order valence-electron chi connectivity index (χ2n) is 5.78. The third-order valence-corrected chi connectivity index (χ3v) is 4.33. The van der Waals surface area contributed by atoms with Crippen molar-refractivity contribution in [2.45, 2.75) is 6.42 Å². The highest BCUT2D eigenvalue weighted by Crippen LogP contribution is 2.38. The Hall–Kier alpha value is -2.86. The summed E-state index contributed by atoms with van der Waals surface area (Å²) in [5.41, 5.74) is 7.94. The van der Waals surface area contributed by atoms with E-state index >= 15 is 0 Å². The van der Waals surface area contributed by atoms with E-state index in [1.54, 1.807) is 0 Å². The number of hydrogen-bond acceptors (Lipinski definition) is 0. The lowest BCUT2D eigenvalue weighted by Crippen LogP contribution is -1.99. The van der Waals surface area contributed by atoms with Gasteiger partial charge in [0.2, 0.25) is 0 Å². The third-order valence-electron chi connectivity index (χ3n) is 4.33. The van der Waals surface area contributed by atoms with Gasteiger partial charge in [0.25, 0.3) is 0 Å². The third kappa shape index (κ3) is 2.64. The van der Waals surface area contributed by atoms with Gasteiger partial charge in [0.05, 0.1) is 0 Å². The monoisotopic (exact) mass is 294 g/mol. The molecule has 0 N–H and O–H groups in total. The summed E-state index contributed by atoms with van der Waals surface area (Å²) in [5.74, 6) is 0. The topological polar surface area (TPSA) is 0 Å². The molecule has 3 aromatic rings. The predicted octanol–water partition coefficient (Wildman–Crippen LogP) is 6.06. The number of rotatable bonds is 2. The highest BCUT2D eigenvalue weighted by Gasteiger charge is 2.16. The minimum absolute atomic E-state index is 0.968. The molecule has 0 heterocycles. The van der Waals surface area contributed by atoms with Crippen LogP contribution >= 0.6 is 0 Å². The first kappa shape index (κ1) is 13.8. The minimum Gasteiger partial charge on any atom is -0.0795 e. The van der Waals surface area contributed by atoms with Gasteiger partial charge in [0.15, 0.2) is 0 Å². The summed E-state index contributed by atoms with van der Waals surface area (Å²) in [7, 11) is 0. The Morgan fingerprint density at radius 3 is 1.83 bits per heavy atom. The molecular formula is C23H18. The molecular weight excluding hydrogens is 276 g/mol. The quantitative estimate of drug-likeness (QED) is 0.538. The van der Waals surface area contributed by atoms with Crippen LogP contribution in [-0.4, -0.2) is 0 Å². The zero-order chi connectivity index (χ0) is 15.5. The standard InChI is InChI=1S/C23H18/c1-3-11-19(12-4-1)23(20-13-5-2-6-14-20)22-17-9-15-18-10-7-8-16-21(18)22/h1-16H,17H2. The average Bonchev–Trinajstić information content (AvgIpc) is 2.64. The smallest absolute Gasteiger partial charge is 0.00700 e. The molecule has 0 atom stereocenters. The molecule has 0 bridgehead atoms. The van der Waals surface area contributed by atoms with Gasteiger partial charge >= 0.3 is 0 Å². The van der Waals surface area contributed by atoms with E-state index in [2.05, 4.69) is 97.1 Å². The zero-order valence-corrected chi connectivity index (χ0v) is 12.9. The molecule has 0 radical (unpaired) electrons. The molecule has 0 saturated carbocycles. The van der Waals surface area contributed by atoms with Crippen molar-refractivity contribution in [2.75, 3.05) is 0 Å². The van der Waals surface area contributed by atoms with Crippen molar-refractivity contribution >= 4 is 17.2 Å². The second-order valence-corrected chi connectivity index (χ2v) is 5.78. The van der Waals surface area contributed by atoms with Gasteiger partial charge in [-0.2, -0.15) is 0 Å². The summed E-state index contributed by atoms with van der Waals surface area (Å²) < 4.78 is 0. The van der Waals surface area contributed by atoms with Crippen molar-refractivity contribution in [3.8, 4) is 0 Å². The maximum atomic E-state index is 2.27. The van der Waals surface area contributed by atoms with Gasteiger partial charge in [-0.25, -0.2) is 0 Å². The van der Waals surface area contributed by atoms with E-state index in [1.165, 1.54) is 33.4 Å². The van der Waals surface area contributed by atoms with Crippen molar-refractivity contribution in [3.63, 3.8) is 0 Å². The molecule has 23 heavy (non-hydrogen) atoms. The summed E-state index contributed by atoms with van der Waals surface area (Å²) in [6.45, 7) is 0. The van der Waals surface area contributed by atoms with Crippen LogP contribution in [0.1, 0.15) is 28.7 Å². The van der Waals surface area contributed by atoms with Gasteiger partial charge in [-0.3, -0.25) is 0 Å². The van der Waals surface area contributed by atoms with Gasteiger partial charge in [-0.05, 0) is 39.8 Å². The van der Waals surface area contributed by atoms with Crippen molar-refractivity contribution < 1.29 is 0 Å². The van der Waals surface area contributed by atoms with E-state index in [9.17, 15) is 0 Å². The largest absolute Gasteiger partial charge is 0.0795 e. The molecule has 1 aliphatic carbocycles. The van der Waals surface area contributed by atoms with Crippen LogP contribution < -0.4 is 0 Å². The number of benzene rings is 3. The highest BCUT2D eigenvalue weighted by atomic mass is 14.2. The first-order valence-corrected chi connectivity index (χ1v) is 8.03. The predicted molar refractivity (Wildman–Crippen MR) is 98.9 cm³/mol. The van der Waals surface area contributed by atoms with E-state index in [-0.39, 0.29) is 0 Å². The Labute approximate surface area is 137 Å². The fraction of sp³-hybridized carbons (Fsp3) is 0.0435. The fourth-order valence-corrected chi connectivity index (χ4v) is 3.29. The SMILES string of the molecule is C1=Cc2ccccc2C(=C(c2ccccc2)c2ccccc2)C1. The molecule has 0 spiro atoms. The van der Waals surface area contributed by atoms with Gasteiger partial charge in [0.1, 0.15) is 0 Å². The molecule has 0 amide bonds. The summed E-state index contributed by atoms with van der Waals surface area (Å²) in [5, 5.41) is 0. The molecule has 0 nitrogen and oxygen atoms in total.